The molecule has 0 atom stereocenters. The number of carbonyl (C=O) groups excluding carboxylic acids is 1. The summed E-state index contributed by atoms with van der Waals surface area (Å²) in [6.45, 7) is 7.13. The van der Waals surface area contributed by atoms with Gasteiger partial charge in [-0.25, -0.2) is 0 Å². The Bertz CT molecular complexity index is 836. The van der Waals surface area contributed by atoms with Gasteiger partial charge in [-0.05, 0) is 31.2 Å². The molecule has 1 aliphatic rings. The van der Waals surface area contributed by atoms with Crippen LogP contribution in [0.2, 0.25) is 0 Å². The number of piperazine rings is 1. The van der Waals surface area contributed by atoms with Gasteiger partial charge in [-0.2, -0.15) is 0 Å². The summed E-state index contributed by atoms with van der Waals surface area (Å²) in [4.78, 5) is 27.2. The van der Waals surface area contributed by atoms with Crippen LogP contribution >= 0.6 is 11.8 Å². The standard InChI is InChI=1S/C20H24N4O3S/c1-15-2-5-17(6-3-15)28-19-7-4-16(14-18(19)24(26)27)20(25)22-10-13-23-11-8-21-9-12-23/h2-7,14,21H,8-13H2,1H3,(H,22,25). The number of hydrogen-bond acceptors (Lipinski definition) is 6. The number of aryl methyl sites for hydroxylation is 1. The Balaban J connectivity index is 1.64. The molecule has 148 valence electrons. The van der Waals surface area contributed by atoms with Gasteiger partial charge in [0, 0.05) is 55.8 Å². The minimum absolute atomic E-state index is 0.0553. The van der Waals surface area contributed by atoms with Crippen LogP contribution in [0.1, 0.15) is 15.9 Å². The summed E-state index contributed by atoms with van der Waals surface area (Å²) in [5.74, 6) is -0.287. The molecule has 7 nitrogen and oxygen atoms in total. The molecule has 1 amide bonds. The molecule has 2 aromatic carbocycles. The lowest BCUT2D eigenvalue weighted by Gasteiger charge is -2.27. The van der Waals surface area contributed by atoms with Crippen LogP contribution in [0.25, 0.3) is 0 Å². The largest absolute Gasteiger partial charge is 0.351 e. The number of amides is 1. The zero-order valence-corrected chi connectivity index (χ0v) is 16.6. The SMILES string of the molecule is Cc1ccc(Sc2ccc(C(=O)NCCN3CCNCC3)cc2[N+](=O)[O-])cc1. The lowest BCUT2D eigenvalue weighted by Crippen LogP contribution is -2.46. The molecule has 3 rings (SSSR count). The van der Waals surface area contributed by atoms with E-state index in [0.717, 1.165) is 43.2 Å². The molecule has 28 heavy (non-hydrogen) atoms. The van der Waals surface area contributed by atoms with E-state index in [1.807, 2.05) is 31.2 Å². The van der Waals surface area contributed by atoms with E-state index in [1.165, 1.54) is 17.8 Å². The maximum Gasteiger partial charge on any atom is 0.284 e. The molecule has 1 heterocycles. The summed E-state index contributed by atoms with van der Waals surface area (Å²) in [7, 11) is 0. The number of nitrogens with zero attached hydrogens (tertiary/aromatic N) is 2. The van der Waals surface area contributed by atoms with E-state index in [1.54, 1.807) is 12.1 Å². The van der Waals surface area contributed by atoms with E-state index in [0.29, 0.717) is 17.0 Å². The van der Waals surface area contributed by atoms with E-state index in [9.17, 15) is 14.9 Å². The first-order chi connectivity index (χ1) is 13.5. The second kappa shape index (κ2) is 9.68. The van der Waals surface area contributed by atoms with E-state index in [-0.39, 0.29) is 11.6 Å². The van der Waals surface area contributed by atoms with E-state index < -0.39 is 4.92 Å². The van der Waals surface area contributed by atoms with Crippen LogP contribution in [0.4, 0.5) is 5.69 Å². The maximum atomic E-state index is 12.4. The van der Waals surface area contributed by atoms with Gasteiger partial charge in [-0.3, -0.25) is 19.8 Å². The second-order valence-corrected chi connectivity index (χ2v) is 7.82. The summed E-state index contributed by atoms with van der Waals surface area (Å²) in [6, 6.07) is 12.4. The van der Waals surface area contributed by atoms with Crippen molar-refractivity contribution < 1.29 is 9.72 Å². The van der Waals surface area contributed by atoms with Crippen molar-refractivity contribution in [1.29, 1.82) is 0 Å². The molecule has 2 aromatic rings. The minimum Gasteiger partial charge on any atom is -0.351 e. The average molecular weight is 401 g/mol. The highest BCUT2D eigenvalue weighted by atomic mass is 32.2. The topological polar surface area (TPSA) is 87.5 Å². The van der Waals surface area contributed by atoms with Crippen LogP contribution in [0.3, 0.4) is 0 Å². The predicted octanol–water partition coefficient (Wildman–Crippen LogP) is 2.69. The molecule has 0 aromatic heterocycles. The quantitative estimate of drug-likeness (QED) is 0.549. The van der Waals surface area contributed by atoms with Crippen LogP contribution in [-0.2, 0) is 0 Å². The lowest BCUT2D eigenvalue weighted by molar-refractivity contribution is -0.387. The lowest BCUT2D eigenvalue weighted by atomic mass is 10.2. The molecular weight excluding hydrogens is 376 g/mol. The second-order valence-electron chi connectivity index (χ2n) is 6.70. The number of nitro benzene ring substituents is 1. The van der Waals surface area contributed by atoms with Crippen molar-refractivity contribution in [2.24, 2.45) is 0 Å². The van der Waals surface area contributed by atoms with Gasteiger partial charge in [-0.1, -0.05) is 29.5 Å². The average Bonchev–Trinajstić information content (AvgIpc) is 2.70. The summed E-state index contributed by atoms with van der Waals surface area (Å²) >= 11 is 1.32. The highest BCUT2D eigenvalue weighted by Gasteiger charge is 2.19. The van der Waals surface area contributed by atoms with Crippen molar-refractivity contribution in [3.05, 3.63) is 63.7 Å². The molecule has 0 saturated carbocycles. The monoisotopic (exact) mass is 400 g/mol. The van der Waals surface area contributed by atoms with Crippen molar-refractivity contribution in [2.45, 2.75) is 16.7 Å². The number of nitrogens with one attached hydrogen (secondary N) is 2. The van der Waals surface area contributed by atoms with Crippen LogP contribution in [0.5, 0.6) is 0 Å². The third kappa shape index (κ3) is 5.54. The molecular formula is C20H24N4O3S. The van der Waals surface area contributed by atoms with Crippen molar-refractivity contribution in [3.8, 4) is 0 Å². The molecule has 0 unspecified atom stereocenters. The van der Waals surface area contributed by atoms with Crippen molar-refractivity contribution in [2.75, 3.05) is 39.3 Å². The number of rotatable bonds is 7. The van der Waals surface area contributed by atoms with Gasteiger partial charge in [0.1, 0.15) is 0 Å². The smallest absolute Gasteiger partial charge is 0.284 e. The Hall–Kier alpha value is -2.42. The Morgan fingerprint density at radius 1 is 1.21 bits per heavy atom. The Labute approximate surface area is 168 Å². The van der Waals surface area contributed by atoms with E-state index >= 15 is 0 Å². The summed E-state index contributed by atoms with van der Waals surface area (Å²) in [6.07, 6.45) is 0. The van der Waals surface area contributed by atoms with Gasteiger partial charge in [0.25, 0.3) is 11.6 Å². The van der Waals surface area contributed by atoms with Crippen LogP contribution < -0.4 is 10.6 Å². The highest BCUT2D eigenvalue weighted by molar-refractivity contribution is 7.99. The fraction of sp³-hybridized carbons (Fsp3) is 0.350. The van der Waals surface area contributed by atoms with Crippen molar-refractivity contribution >= 4 is 23.4 Å². The molecule has 0 spiro atoms. The van der Waals surface area contributed by atoms with Crippen molar-refractivity contribution in [3.63, 3.8) is 0 Å². The van der Waals surface area contributed by atoms with Gasteiger partial charge in [0.15, 0.2) is 0 Å². The van der Waals surface area contributed by atoms with Gasteiger partial charge < -0.3 is 10.6 Å². The normalized spacial score (nSPS) is 14.6. The van der Waals surface area contributed by atoms with Gasteiger partial charge >= 0.3 is 0 Å². The Kier molecular flexibility index (Phi) is 7.02. The number of carbonyl (C=O) groups is 1. The fourth-order valence-corrected chi connectivity index (χ4v) is 3.89. The first-order valence-electron chi connectivity index (χ1n) is 9.27. The predicted molar refractivity (Wildman–Crippen MR) is 110 cm³/mol. The number of nitro groups is 1. The summed E-state index contributed by atoms with van der Waals surface area (Å²) < 4.78 is 0. The molecule has 0 radical (unpaired) electrons. The molecule has 8 heteroatoms. The zero-order chi connectivity index (χ0) is 19.9. The number of benzene rings is 2. The Morgan fingerprint density at radius 3 is 2.61 bits per heavy atom. The summed E-state index contributed by atoms with van der Waals surface area (Å²) in [5.41, 5.74) is 1.38. The first-order valence-corrected chi connectivity index (χ1v) is 10.1. The van der Waals surface area contributed by atoms with Crippen LogP contribution in [0.15, 0.2) is 52.3 Å². The van der Waals surface area contributed by atoms with Crippen LogP contribution in [-0.4, -0.2) is 55.0 Å². The van der Waals surface area contributed by atoms with Gasteiger partial charge in [0.05, 0.1) is 9.82 Å². The fourth-order valence-electron chi connectivity index (χ4n) is 2.99. The van der Waals surface area contributed by atoms with E-state index in [4.69, 9.17) is 0 Å². The minimum atomic E-state index is -0.436. The molecule has 2 N–H and O–H groups in total. The third-order valence-electron chi connectivity index (χ3n) is 4.59. The molecule has 0 bridgehead atoms. The van der Waals surface area contributed by atoms with E-state index in [2.05, 4.69) is 15.5 Å². The zero-order valence-electron chi connectivity index (χ0n) is 15.8. The van der Waals surface area contributed by atoms with Gasteiger partial charge in [0.2, 0.25) is 0 Å². The highest BCUT2D eigenvalue weighted by Crippen LogP contribution is 2.35. The molecule has 1 saturated heterocycles. The Morgan fingerprint density at radius 2 is 1.93 bits per heavy atom. The third-order valence-corrected chi connectivity index (χ3v) is 5.66. The first kappa shape index (κ1) is 20.3. The van der Waals surface area contributed by atoms with Crippen molar-refractivity contribution in [1.82, 2.24) is 15.5 Å². The molecule has 1 fully saturated rings. The summed E-state index contributed by atoms with van der Waals surface area (Å²) in [5, 5.41) is 17.7. The van der Waals surface area contributed by atoms with Crippen LogP contribution in [0, 0.1) is 17.0 Å². The van der Waals surface area contributed by atoms with Gasteiger partial charge in [-0.15, -0.1) is 0 Å². The molecule has 1 aliphatic heterocycles. The maximum absolute atomic E-state index is 12.4. The molecule has 0 aliphatic carbocycles. The number of hydrogen-bond donors (Lipinski definition) is 2.